The Hall–Kier alpha value is -2.76. The van der Waals surface area contributed by atoms with Crippen molar-refractivity contribution in [1.29, 1.82) is 0 Å². The van der Waals surface area contributed by atoms with E-state index >= 15 is 0 Å². The van der Waals surface area contributed by atoms with Crippen LogP contribution in [-0.4, -0.2) is 12.7 Å². The molecule has 0 unspecified atom stereocenters. The standard InChI is InChI=1S/C18H22N2O4/c1-13(2)12-23-18(21)19-10-16-17(9-14(3)11-20(16)22)24-15-7-5-4-6-8-15/h4-9,11,13H,10,12H2,1-3H3,(H,19,21). The molecular formula is C18H22N2O4. The van der Waals surface area contributed by atoms with Crippen LogP contribution in [0.3, 0.4) is 0 Å². The average Bonchev–Trinajstić information content (AvgIpc) is 2.53. The number of para-hydroxylation sites is 1. The first kappa shape index (κ1) is 17.6. The van der Waals surface area contributed by atoms with Crippen molar-refractivity contribution in [2.24, 2.45) is 5.92 Å². The Bertz CT molecular complexity index is 687. The lowest BCUT2D eigenvalue weighted by Gasteiger charge is -2.13. The first-order valence-corrected chi connectivity index (χ1v) is 7.82. The van der Waals surface area contributed by atoms with Gasteiger partial charge in [-0.3, -0.25) is 0 Å². The molecule has 1 amide bonds. The molecule has 2 aromatic rings. The number of hydrogen-bond acceptors (Lipinski definition) is 4. The van der Waals surface area contributed by atoms with Gasteiger partial charge in [-0.25, -0.2) is 4.79 Å². The Labute approximate surface area is 141 Å². The van der Waals surface area contributed by atoms with Crippen LogP contribution in [0.15, 0.2) is 42.6 Å². The highest BCUT2D eigenvalue weighted by Crippen LogP contribution is 2.24. The summed E-state index contributed by atoms with van der Waals surface area (Å²) in [7, 11) is 0. The normalized spacial score (nSPS) is 10.5. The van der Waals surface area contributed by atoms with Crippen LogP contribution in [0.2, 0.25) is 0 Å². The van der Waals surface area contributed by atoms with E-state index in [1.807, 2.05) is 32.0 Å². The lowest BCUT2D eigenvalue weighted by molar-refractivity contribution is -0.615. The SMILES string of the molecule is Cc1cc(Oc2ccccc2)c(CNC(=O)OCC(C)C)[n+]([O-])c1. The molecular weight excluding hydrogens is 308 g/mol. The lowest BCUT2D eigenvalue weighted by Crippen LogP contribution is -2.37. The Morgan fingerprint density at radius 1 is 1.29 bits per heavy atom. The molecule has 24 heavy (non-hydrogen) atoms. The summed E-state index contributed by atoms with van der Waals surface area (Å²) in [4.78, 5) is 11.7. The Balaban J connectivity index is 2.12. The molecule has 0 aliphatic heterocycles. The highest BCUT2D eigenvalue weighted by molar-refractivity contribution is 5.67. The van der Waals surface area contributed by atoms with E-state index in [0.29, 0.717) is 28.5 Å². The third-order valence-electron chi connectivity index (χ3n) is 3.15. The molecule has 1 aromatic heterocycles. The third kappa shape index (κ3) is 5.15. The van der Waals surface area contributed by atoms with Crippen molar-refractivity contribution in [3.05, 3.63) is 59.1 Å². The van der Waals surface area contributed by atoms with Crippen LogP contribution in [0.5, 0.6) is 11.5 Å². The first-order valence-electron chi connectivity index (χ1n) is 7.82. The molecule has 1 aromatic carbocycles. The number of nitrogens with one attached hydrogen (secondary N) is 1. The molecule has 6 heteroatoms. The topological polar surface area (TPSA) is 74.5 Å². The molecule has 6 nitrogen and oxygen atoms in total. The van der Waals surface area contributed by atoms with Crippen molar-refractivity contribution in [2.45, 2.75) is 27.3 Å². The predicted molar refractivity (Wildman–Crippen MR) is 89.7 cm³/mol. The second-order valence-corrected chi connectivity index (χ2v) is 5.92. The lowest BCUT2D eigenvalue weighted by atomic mass is 10.2. The summed E-state index contributed by atoms with van der Waals surface area (Å²) in [5.41, 5.74) is 1.08. The van der Waals surface area contributed by atoms with Gasteiger partial charge in [0.25, 0.3) is 5.69 Å². The van der Waals surface area contributed by atoms with E-state index in [1.165, 1.54) is 6.20 Å². The zero-order valence-corrected chi connectivity index (χ0v) is 14.1. The maximum Gasteiger partial charge on any atom is 0.407 e. The van der Waals surface area contributed by atoms with E-state index in [4.69, 9.17) is 9.47 Å². The Morgan fingerprint density at radius 2 is 2.00 bits per heavy atom. The number of nitrogens with zero attached hydrogens (tertiary/aromatic N) is 1. The van der Waals surface area contributed by atoms with Gasteiger partial charge in [0.1, 0.15) is 12.3 Å². The van der Waals surface area contributed by atoms with Gasteiger partial charge in [0.05, 0.1) is 6.61 Å². The molecule has 0 bridgehead atoms. The minimum absolute atomic E-state index is 0.0167. The summed E-state index contributed by atoms with van der Waals surface area (Å²) in [6, 6.07) is 10.9. The number of amides is 1. The number of alkyl carbamates (subject to hydrolysis) is 1. The Kier molecular flexibility index (Phi) is 6.01. The third-order valence-corrected chi connectivity index (χ3v) is 3.15. The highest BCUT2D eigenvalue weighted by Gasteiger charge is 2.18. The second-order valence-electron chi connectivity index (χ2n) is 5.92. The summed E-state index contributed by atoms with van der Waals surface area (Å²) < 4.78 is 11.5. The van der Waals surface area contributed by atoms with E-state index in [9.17, 15) is 10.0 Å². The second kappa shape index (κ2) is 8.19. The smallest absolute Gasteiger partial charge is 0.407 e. The largest absolute Gasteiger partial charge is 0.618 e. The summed E-state index contributed by atoms with van der Waals surface area (Å²) >= 11 is 0. The van der Waals surface area contributed by atoms with Gasteiger partial charge in [-0.1, -0.05) is 32.0 Å². The monoisotopic (exact) mass is 330 g/mol. The highest BCUT2D eigenvalue weighted by atomic mass is 16.5. The van der Waals surface area contributed by atoms with E-state index in [1.54, 1.807) is 25.1 Å². The molecule has 0 aliphatic rings. The van der Waals surface area contributed by atoms with Crippen LogP contribution in [0, 0.1) is 18.0 Å². The van der Waals surface area contributed by atoms with Gasteiger partial charge in [0.2, 0.25) is 0 Å². The number of rotatable bonds is 6. The van der Waals surface area contributed by atoms with Gasteiger partial charge in [0.15, 0.2) is 11.9 Å². The van der Waals surface area contributed by atoms with Crippen molar-refractivity contribution in [2.75, 3.05) is 6.61 Å². The van der Waals surface area contributed by atoms with Crippen LogP contribution in [-0.2, 0) is 11.3 Å². The molecule has 0 atom stereocenters. The van der Waals surface area contributed by atoms with Gasteiger partial charge < -0.3 is 20.0 Å². The van der Waals surface area contributed by atoms with Gasteiger partial charge in [-0.05, 0) is 31.0 Å². The summed E-state index contributed by atoms with van der Waals surface area (Å²) in [6.07, 6.45) is 0.879. The van der Waals surface area contributed by atoms with Gasteiger partial charge in [-0.15, -0.1) is 0 Å². The molecule has 0 saturated carbocycles. The van der Waals surface area contributed by atoms with Gasteiger partial charge in [-0.2, -0.15) is 4.73 Å². The molecule has 0 aliphatic carbocycles. The van der Waals surface area contributed by atoms with Crippen LogP contribution in [0.4, 0.5) is 4.79 Å². The number of aryl methyl sites for hydroxylation is 1. The van der Waals surface area contributed by atoms with Crippen molar-refractivity contribution in [3.63, 3.8) is 0 Å². The molecule has 1 N–H and O–H groups in total. The molecule has 0 fully saturated rings. The predicted octanol–water partition coefficient (Wildman–Crippen LogP) is 3.30. The van der Waals surface area contributed by atoms with Crippen molar-refractivity contribution >= 4 is 6.09 Å². The van der Waals surface area contributed by atoms with E-state index in [0.717, 1.165) is 5.56 Å². The number of carbonyl (C=O) groups excluding carboxylic acids is 1. The molecule has 1 heterocycles. The summed E-state index contributed by atoms with van der Waals surface area (Å²) in [5.74, 6) is 1.27. The van der Waals surface area contributed by atoms with Crippen molar-refractivity contribution < 1.29 is 19.0 Å². The minimum Gasteiger partial charge on any atom is -0.618 e. The first-order chi connectivity index (χ1) is 11.5. The summed E-state index contributed by atoms with van der Waals surface area (Å²) in [5, 5.41) is 14.8. The van der Waals surface area contributed by atoms with E-state index < -0.39 is 6.09 Å². The number of benzene rings is 1. The van der Waals surface area contributed by atoms with Crippen LogP contribution in [0.1, 0.15) is 25.1 Å². The maximum atomic E-state index is 12.2. The Morgan fingerprint density at radius 3 is 2.67 bits per heavy atom. The van der Waals surface area contributed by atoms with Crippen molar-refractivity contribution in [1.82, 2.24) is 5.32 Å². The fourth-order valence-electron chi connectivity index (χ4n) is 2.02. The van der Waals surface area contributed by atoms with E-state index in [2.05, 4.69) is 5.32 Å². The quantitative estimate of drug-likeness (QED) is 0.651. The van der Waals surface area contributed by atoms with Gasteiger partial charge in [0, 0.05) is 5.56 Å². The molecule has 0 radical (unpaired) electrons. The summed E-state index contributed by atoms with van der Waals surface area (Å²) in [6.45, 7) is 6.04. The molecule has 2 rings (SSSR count). The van der Waals surface area contributed by atoms with Crippen LogP contribution >= 0.6 is 0 Å². The number of hydrogen-bond donors (Lipinski definition) is 1. The minimum atomic E-state index is -0.560. The molecule has 0 saturated heterocycles. The van der Waals surface area contributed by atoms with Gasteiger partial charge >= 0.3 is 6.09 Å². The number of ether oxygens (including phenoxy) is 2. The number of aromatic nitrogens is 1. The van der Waals surface area contributed by atoms with Crippen molar-refractivity contribution in [3.8, 4) is 11.5 Å². The average molecular weight is 330 g/mol. The van der Waals surface area contributed by atoms with Crippen LogP contribution < -0.4 is 14.8 Å². The number of carbonyl (C=O) groups is 1. The fraction of sp³-hybridized carbons (Fsp3) is 0.333. The maximum absolute atomic E-state index is 12.2. The molecule has 128 valence electrons. The molecule has 0 spiro atoms. The van der Waals surface area contributed by atoms with Crippen LogP contribution in [0.25, 0.3) is 0 Å². The zero-order valence-electron chi connectivity index (χ0n) is 14.1. The fourth-order valence-corrected chi connectivity index (χ4v) is 2.02. The van der Waals surface area contributed by atoms with E-state index in [-0.39, 0.29) is 12.5 Å². The number of pyridine rings is 1. The zero-order chi connectivity index (χ0) is 17.5.